The van der Waals surface area contributed by atoms with Gasteiger partial charge in [-0.3, -0.25) is 4.79 Å². The highest BCUT2D eigenvalue weighted by Gasteiger charge is 2.11. The summed E-state index contributed by atoms with van der Waals surface area (Å²) in [6.07, 6.45) is 2.45. The van der Waals surface area contributed by atoms with Gasteiger partial charge < -0.3 is 20.3 Å². The highest BCUT2D eigenvalue weighted by atomic mass is 32.2. The van der Waals surface area contributed by atoms with Crippen molar-refractivity contribution in [1.82, 2.24) is 15.5 Å². The fourth-order valence-electron chi connectivity index (χ4n) is 2.25. The molecule has 8 nitrogen and oxygen atoms in total. The normalized spacial score (nSPS) is 13.0. The number of ether oxygens (including phenoxy) is 1. The highest BCUT2D eigenvalue weighted by Crippen LogP contribution is 2.11. The first kappa shape index (κ1) is 23.7. The molecule has 1 aromatic rings. The van der Waals surface area contributed by atoms with Crippen molar-refractivity contribution in [2.24, 2.45) is 4.99 Å². The Morgan fingerprint density at radius 1 is 1.25 bits per heavy atom. The molecule has 0 radical (unpaired) electrons. The second-order valence-corrected chi connectivity index (χ2v) is 9.20. The van der Waals surface area contributed by atoms with Gasteiger partial charge in [-0.25, -0.2) is 13.4 Å². The van der Waals surface area contributed by atoms with Crippen molar-refractivity contribution in [3.05, 3.63) is 29.8 Å². The Bertz CT molecular complexity index is 746. The van der Waals surface area contributed by atoms with Gasteiger partial charge in [-0.2, -0.15) is 0 Å². The molecule has 2 N–H and O–H groups in total. The minimum Gasteiger partial charge on any atom is -0.497 e. The van der Waals surface area contributed by atoms with Crippen LogP contribution in [0.1, 0.15) is 18.9 Å². The molecule has 0 saturated heterocycles. The number of carbonyl (C=O) groups is 1. The van der Waals surface area contributed by atoms with Gasteiger partial charge >= 0.3 is 0 Å². The van der Waals surface area contributed by atoms with E-state index in [2.05, 4.69) is 15.6 Å². The van der Waals surface area contributed by atoms with Crippen LogP contribution in [0.3, 0.4) is 0 Å². The Labute approximate surface area is 168 Å². The zero-order valence-corrected chi connectivity index (χ0v) is 18.2. The first-order chi connectivity index (χ1) is 13.1. The van der Waals surface area contributed by atoms with Gasteiger partial charge in [0.2, 0.25) is 5.91 Å². The summed E-state index contributed by atoms with van der Waals surface area (Å²) in [6.45, 7) is 2.52. The van der Waals surface area contributed by atoms with Crippen LogP contribution in [-0.2, 0) is 21.1 Å². The number of aliphatic imine (C=N–C) groups is 1. The number of benzene rings is 1. The van der Waals surface area contributed by atoms with Gasteiger partial charge in [-0.05, 0) is 37.5 Å². The molecule has 1 rings (SSSR count). The Kier molecular flexibility index (Phi) is 9.78. The third-order valence-electron chi connectivity index (χ3n) is 4.04. The summed E-state index contributed by atoms with van der Waals surface area (Å²) in [5.74, 6) is 1.28. The largest absolute Gasteiger partial charge is 0.497 e. The number of guanidine groups is 1. The van der Waals surface area contributed by atoms with Crippen molar-refractivity contribution in [3.8, 4) is 5.75 Å². The molecule has 1 amide bonds. The number of hydrogen-bond donors (Lipinski definition) is 2. The zero-order chi connectivity index (χ0) is 21.2. The fourth-order valence-corrected chi connectivity index (χ4v) is 3.04. The lowest BCUT2D eigenvalue weighted by molar-refractivity contribution is -0.127. The second-order valence-electron chi connectivity index (χ2n) is 6.94. The van der Waals surface area contributed by atoms with E-state index in [1.54, 1.807) is 21.2 Å². The topological polar surface area (TPSA) is 100 Å². The smallest absolute Gasteiger partial charge is 0.243 e. The lowest BCUT2D eigenvalue weighted by Crippen LogP contribution is -2.44. The number of sulfone groups is 1. The summed E-state index contributed by atoms with van der Waals surface area (Å²) in [6, 6.07) is 7.71. The summed E-state index contributed by atoms with van der Waals surface area (Å²) in [5, 5.41) is 6.38. The first-order valence-electron chi connectivity index (χ1n) is 9.16. The molecule has 0 spiro atoms. The summed E-state index contributed by atoms with van der Waals surface area (Å²) < 4.78 is 27.9. The average Bonchev–Trinajstić information content (AvgIpc) is 2.63. The van der Waals surface area contributed by atoms with Gasteiger partial charge in [-0.1, -0.05) is 12.1 Å². The third-order valence-corrected chi connectivity index (χ3v) is 5.02. The van der Waals surface area contributed by atoms with Crippen molar-refractivity contribution in [1.29, 1.82) is 0 Å². The van der Waals surface area contributed by atoms with E-state index in [0.29, 0.717) is 18.9 Å². The molecule has 1 atom stereocenters. The van der Waals surface area contributed by atoms with Crippen LogP contribution in [0.4, 0.5) is 0 Å². The Morgan fingerprint density at radius 2 is 1.89 bits per heavy atom. The summed E-state index contributed by atoms with van der Waals surface area (Å²) in [5.41, 5.74) is 1.14. The second kappa shape index (κ2) is 11.5. The van der Waals surface area contributed by atoms with Gasteiger partial charge in [0.05, 0.1) is 12.9 Å². The first-order valence-corrected chi connectivity index (χ1v) is 11.2. The number of hydrogen-bond acceptors (Lipinski definition) is 5. The molecule has 0 aliphatic rings. The Balaban J connectivity index is 2.65. The van der Waals surface area contributed by atoms with Gasteiger partial charge in [0.25, 0.3) is 0 Å². The van der Waals surface area contributed by atoms with E-state index in [9.17, 15) is 13.2 Å². The minimum absolute atomic E-state index is 0.0175. The van der Waals surface area contributed by atoms with Crippen molar-refractivity contribution < 1.29 is 17.9 Å². The van der Waals surface area contributed by atoms with Crippen LogP contribution in [0.2, 0.25) is 0 Å². The lowest BCUT2D eigenvalue weighted by atomic mass is 10.1. The predicted molar refractivity (Wildman–Crippen MR) is 113 cm³/mol. The molecule has 0 aliphatic heterocycles. The van der Waals surface area contributed by atoms with E-state index in [4.69, 9.17) is 4.74 Å². The fraction of sp³-hybridized carbons (Fsp3) is 0.579. The molecule has 9 heteroatoms. The number of nitrogens with one attached hydrogen (secondary N) is 2. The molecule has 0 fully saturated rings. The van der Waals surface area contributed by atoms with E-state index in [-0.39, 0.29) is 24.2 Å². The molecular formula is C19H32N4O4S. The predicted octanol–water partition coefficient (Wildman–Crippen LogP) is 0.684. The standard InChI is InChI=1S/C19H32N4O4S/c1-15(11-13-28(5,25)26)22-19(21-14-18(24)23(2)3)20-12-10-16-6-8-17(27-4)9-7-16/h6-9,15H,10-14H2,1-5H3,(H2,20,21,22). The van der Waals surface area contributed by atoms with Crippen LogP contribution >= 0.6 is 0 Å². The highest BCUT2D eigenvalue weighted by molar-refractivity contribution is 7.90. The number of rotatable bonds is 10. The molecule has 0 saturated carbocycles. The van der Waals surface area contributed by atoms with Gasteiger partial charge in [-0.15, -0.1) is 0 Å². The maximum atomic E-state index is 11.8. The van der Waals surface area contributed by atoms with E-state index >= 15 is 0 Å². The third kappa shape index (κ3) is 10.1. The molecular weight excluding hydrogens is 380 g/mol. The van der Waals surface area contributed by atoms with Crippen molar-refractivity contribution in [2.75, 3.05) is 46.3 Å². The molecule has 1 aromatic carbocycles. The van der Waals surface area contributed by atoms with Gasteiger partial charge in [0.1, 0.15) is 22.1 Å². The molecule has 1 unspecified atom stereocenters. The minimum atomic E-state index is -3.02. The van der Waals surface area contributed by atoms with Crippen LogP contribution in [0.15, 0.2) is 29.3 Å². The number of nitrogens with zero attached hydrogens (tertiary/aromatic N) is 2. The Morgan fingerprint density at radius 3 is 2.43 bits per heavy atom. The number of carbonyl (C=O) groups excluding carboxylic acids is 1. The molecule has 0 bridgehead atoms. The number of amides is 1. The molecule has 28 heavy (non-hydrogen) atoms. The maximum Gasteiger partial charge on any atom is 0.243 e. The Hall–Kier alpha value is -2.29. The van der Waals surface area contributed by atoms with Crippen LogP contribution < -0.4 is 15.4 Å². The molecule has 158 valence electrons. The van der Waals surface area contributed by atoms with E-state index in [1.807, 2.05) is 31.2 Å². The molecule has 0 aromatic heterocycles. The van der Waals surface area contributed by atoms with E-state index in [0.717, 1.165) is 17.7 Å². The van der Waals surface area contributed by atoms with Crippen LogP contribution in [0, 0.1) is 0 Å². The molecule has 0 aliphatic carbocycles. The van der Waals surface area contributed by atoms with Gasteiger partial charge in [0, 0.05) is 32.9 Å². The van der Waals surface area contributed by atoms with Crippen LogP contribution in [0.25, 0.3) is 0 Å². The maximum absolute atomic E-state index is 11.8. The summed E-state index contributed by atoms with van der Waals surface area (Å²) in [7, 11) is 1.96. The number of likely N-dealkylation sites (N-methyl/N-ethyl adjacent to an activating group) is 1. The van der Waals surface area contributed by atoms with E-state index < -0.39 is 9.84 Å². The quantitative estimate of drug-likeness (QED) is 0.433. The SMILES string of the molecule is COc1ccc(CCNC(=NCC(=O)N(C)C)NC(C)CCS(C)(=O)=O)cc1. The monoisotopic (exact) mass is 412 g/mol. The average molecular weight is 413 g/mol. The number of methoxy groups -OCH3 is 1. The summed E-state index contributed by atoms with van der Waals surface area (Å²) >= 11 is 0. The zero-order valence-electron chi connectivity index (χ0n) is 17.4. The van der Waals surface area contributed by atoms with Crippen molar-refractivity contribution >= 4 is 21.7 Å². The van der Waals surface area contributed by atoms with Crippen LogP contribution in [-0.4, -0.2) is 77.5 Å². The molecule has 0 heterocycles. The lowest BCUT2D eigenvalue weighted by Gasteiger charge is -2.18. The van der Waals surface area contributed by atoms with Crippen molar-refractivity contribution in [3.63, 3.8) is 0 Å². The van der Waals surface area contributed by atoms with Crippen molar-refractivity contribution in [2.45, 2.75) is 25.8 Å². The van der Waals surface area contributed by atoms with Crippen LogP contribution in [0.5, 0.6) is 5.75 Å². The summed E-state index contributed by atoms with van der Waals surface area (Å²) in [4.78, 5) is 17.6. The van der Waals surface area contributed by atoms with E-state index in [1.165, 1.54) is 11.2 Å². The van der Waals surface area contributed by atoms with Gasteiger partial charge in [0.15, 0.2) is 5.96 Å².